The monoisotopic (exact) mass is 282 g/mol. The second-order valence-corrected chi connectivity index (χ2v) is 3.02. The van der Waals surface area contributed by atoms with Crippen molar-refractivity contribution in [1.82, 2.24) is 4.98 Å². The largest absolute Gasteiger partial charge is 0.574 e. The van der Waals surface area contributed by atoms with Gasteiger partial charge in [-0.25, -0.2) is 4.79 Å². The Balaban J connectivity index is 3.54. The summed E-state index contributed by atoms with van der Waals surface area (Å²) in [5.41, 5.74) is -3.48. The van der Waals surface area contributed by atoms with Gasteiger partial charge in [-0.3, -0.25) is 19.9 Å². The molecular formula is C8H5F3N2O6. The average Bonchev–Trinajstić information content (AvgIpc) is 2.24. The third-order valence-corrected chi connectivity index (χ3v) is 1.79. The maximum atomic E-state index is 12.0. The second kappa shape index (κ2) is 4.96. The number of rotatable bonds is 3. The predicted molar refractivity (Wildman–Crippen MR) is 51.7 cm³/mol. The van der Waals surface area contributed by atoms with Crippen LogP contribution in [0.4, 0.5) is 18.9 Å². The average molecular weight is 282 g/mol. The zero-order chi connectivity index (χ0) is 14.8. The van der Waals surface area contributed by atoms with Crippen LogP contribution in [0.1, 0.15) is 10.4 Å². The van der Waals surface area contributed by atoms with Crippen LogP contribution in [0.5, 0.6) is 5.88 Å². The molecule has 11 heteroatoms. The summed E-state index contributed by atoms with van der Waals surface area (Å²) in [5, 5.41) is 10.7. The number of pyridine rings is 1. The molecule has 104 valence electrons. The molecular weight excluding hydrogens is 277 g/mol. The normalized spacial score (nSPS) is 10.9. The van der Waals surface area contributed by atoms with Gasteiger partial charge in [0.1, 0.15) is 5.56 Å². The van der Waals surface area contributed by atoms with Gasteiger partial charge in [0.05, 0.1) is 12.0 Å². The third kappa shape index (κ3) is 3.43. The van der Waals surface area contributed by atoms with E-state index in [1.165, 1.54) is 4.98 Å². The molecule has 1 heterocycles. The van der Waals surface area contributed by atoms with E-state index in [4.69, 9.17) is 0 Å². The lowest BCUT2D eigenvalue weighted by Gasteiger charge is -2.09. The van der Waals surface area contributed by atoms with Crippen LogP contribution < -0.4 is 10.3 Å². The molecule has 0 atom stereocenters. The molecule has 0 aliphatic heterocycles. The van der Waals surface area contributed by atoms with Crippen LogP contribution in [0.2, 0.25) is 0 Å². The molecule has 0 radical (unpaired) electrons. The summed E-state index contributed by atoms with van der Waals surface area (Å²) < 4.78 is 43.6. The molecule has 0 aromatic carbocycles. The molecule has 0 aliphatic carbocycles. The Morgan fingerprint density at radius 2 is 2.05 bits per heavy atom. The van der Waals surface area contributed by atoms with Crippen LogP contribution in [-0.4, -0.2) is 29.3 Å². The molecule has 19 heavy (non-hydrogen) atoms. The van der Waals surface area contributed by atoms with Crippen LogP contribution in [0.25, 0.3) is 0 Å². The number of aromatic nitrogens is 1. The van der Waals surface area contributed by atoms with Gasteiger partial charge in [0.15, 0.2) is 0 Å². The molecule has 0 spiro atoms. The highest BCUT2D eigenvalue weighted by molar-refractivity contribution is 5.94. The van der Waals surface area contributed by atoms with Gasteiger partial charge in [-0.15, -0.1) is 13.2 Å². The van der Waals surface area contributed by atoms with E-state index in [0.717, 1.165) is 7.11 Å². The van der Waals surface area contributed by atoms with Crippen molar-refractivity contribution in [2.24, 2.45) is 0 Å². The van der Waals surface area contributed by atoms with Crippen molar-refractivity contribution >= 4 is 11.7 Å². The first-order valence-corrected chi connectivity index (χ1v) is 4.41. The highest BCUT2D eigenvalue weighted by Crippen LogP contribution is 2.31. The minimum absolute atomic E-state index is 0.438. The zero-order valence-electron chi connectivity index (χ0n) is 9.11. The quantitative estimate of drug-likeness (QED) is 0.502. The first-order chi connectivity index (χ1) is 8.65. The third-order valence-electron chi connectivity index (χ3n) is 1.79. The van der Waals surface area contributed by atoms with Crippen LogP contribution in [0.3, 0.4) is 0 Å². The molecule has 0 fully saturated rings. The van der Waals surface area contributed by atoms with Gasteiger partial charge in [0, 0.05) is 6.07 Å². The number of hydrogen-bond acceptors (Lipinski definition) is 6. The van der Waals surface area contributed by atoms with E-state index in [0.29, 0.717) is 6.07 Å². The number of alkyl halides is 3. The Bertz CT molecular complexity index is 579. The van der Waals surface area contributed by atoms with E-state index in [1.54, 1.807) is 0 Å². The van der Waals surface area contributed by atoms with E-state index < -0.39 is 39.9 Å². The highest BCUT2D eigenvalue weighted by atomic mass is 19.4. The van der Waals surface area contributed by atoms with Gasteiger partial charge < -0.3 is 9.47 Å². The lowest BCUT2D eigenvalue weighted by Crippen LogP contribution is -2.23. The van der Waals surface area contributed by atoms with Gasteiger partial charge in [0.2, 0.25) is 0 Å². The van der Waals surface area contributed by atoms with Gasteiger partial charge in [-0.2, -0.15) is 0 Å². The Morgan fingerprint density at radius 1 is 1.47 bits per heavy atom. The fourth-order valence-electron chi connectivity index (χ4n) is 1.17. The van der Waals surface area contributed by atoms with Crippen LogP contribution in [0, 0.1) is 10.1 Å². The van der Waals surface area contributed by atoms with Crippen LogP contribution in [-0.2, 0) is 4.74 Å². The Hall–Kier alpha value is -2.59. The molecule has 0 amide bonds. The summed E-state index contributed by atoms with van der Waals surface area (Å²) in [5.74, 6) is -2.84. The number of carbonyl (C=O) groups is 1. The number of nitro groups is 1. The number of nitrogens with zero attached hydrogens (tertiary/aromatic N) is 1. The van der Waals surface area contributed by atoms with Crippen molar-refractivity contribution in [3.63, 3.8) is 0 Å². The van der Waals surface area contributed by atoms with E-state index in [9.17, 15) is 32.9 Å². The summed E-state index contributed by atoms with van der Waals surface area (Å²) in [6.45, 7) is 0. The zero-order valence-corrected chi connectivity index (χ0v) is 9.11. The minimum atomic E-state index is -5.28. The van der Waals surface area contributed by atoms with Crippen molar-refractivity contribution in [3.05, 3.63) is 32.1 Å². The van der Waals surface area contributed by atoms with Crippen molar-refractivity contribution in [3.8, 4) is 5.88 Å². The summed E-state index contributed by atoms with van der Waals surface area (Å²) in [6.07, 6.45) is -5.28. The van der Waals surface area contributed by atoms with Crippen molar-refractivity contribution in [2.45, 2.75) is 6.36 Å². The number of ether oxygens (including phenoxy) is 2. The number of hydrogen-bond donors (Lipinski definition) is 1. The molecule has 0 aliphatic rings. The topological polar surface area (TPSA) is 112 Å². The number of methoxy groups -OCH3 is 1. The molecule has 0 bridgehead atoms. The van der Waals surface area contributed by atoms with Crippen molar-refractivity contribution in [2.75, 3.05) is 7.11 Å². The van der Waals surface area contributed by atoms with Gasteiger partial charge >= 0.3 is 18.0 Å². The maximum Gasteiger partial charge on any atom is 0.574 e. The smallest absolute Gasteiger partial charge is 0.465 e. The molecule has 0 unspecified atom stereocenters. The number of H-pyrrole nitrogens is 1. The Labute approximate surface area is 101 Å². The SMILES string of the molecule is COC(=O)c1cc(=O)[nH]c(OC(F)(F)F)c1[N+](=O)[O-]. The molecule has 1 aromatic rings. The van der Waals surface area contributed by atoms with Crippen molar-refractivity contribution < 1.29 is 32.4 Å². The Kier molecular flexibility index (Phi) is 3.77. The van der Waals surface area contributed by atoms with Crippen molar-refractivity contribution in [1.29, 1.82) is 0 Å². The lowest BCUT2D eigenvalue weighted by atomic mass is 10.2. The predicted octanol–water partition coefficient (Wildman–Crippen LogP) is 0.968. The van der Waals surface area contributed by atoms with Crippen LogP contribution >= 0.6 is 0 Å². The lowest BCUT2D eigenvalue weighted by molar-refractivity contribution is -0.389. The Morgan fingerprint density at radius 3 is 2.47 bits per heavy atom. The second-order valence-electron chi connectivity index (χ2n) is 3.02. The fraction of sp³-hybridized carbons (Fsp3) is 0.250. The highest BCUT2D eigenvalue weighted by Gasteiger charge is 2.37. The number of esters is 1. The maximum absolute atomic E-state index is 12.0. The van der Waals surface area contributed by atoms with E-state index in [2.05, 4.69) is 9.47 Å². The van der Waals surface area contributed by atoms with Gasteiger partial charge in [0.25, 0.3) is 11.4 Å². The molecule has 0 saturated carbocycles. The first kappa shape index (κ1) is 14.5. The van der Waals surface area contributed by atoms with E-state index in [1.807, 2.05) is 0 Å². The number of carbonyl (C=O) groups excluding carboxylic acids is 1. The van der Waals surface area contributed by atoms with E-state index >= 15 is 0 Å². The summed E-state index contributed by atoms with van der Waals surface area (Å²) in [7, 11) is 0.845. The number of aromatic amines is 1. The van der Waals surface area contributed by atoms with Gasteiger partial charge in [-0.05, 0) is 0 Å². The standard InChI is InChI=1S/C8H5F3N2O6/c1-18-7(15)3-2-4(14)12-6(5(3)13(16)17)19-8(9,10)11/h2H,1H3,(H,12,14). The summed E-state index contributed by atoms with van der Waals surface area (Å²) in [4.78, 5) is 33.1. The number of nitrogens with one attached hydrogen (secondary N) is 1. The summed E-state index contributed by atoms with van der Waals surface area (Å²) >= 11 is 0. The molecule has 1 aromatic heterocycles. The summed E-state index contributed by atoms with van der Waals surface area (Å²) in [6, 6.07) is 0.438. The van der Waals surface area contributed by atoms with E-state index in [-0.39, 0.29) is 0 Å². The molecule has 1 rings (SSSR count). The first-order valence-electron chi connectivity index (χ1n) is 4.41. The molecule has 1 N–H and O–H groups in total. The van der Waals surface area contributed by atoms with Crippen LogP contribution in [0.15, 0.2) is 10.9 Å². The minimum Gasteiger partial charge on any atom is -0.465 e. The fourth-order valence-corrected chi connectivity index (χ4v) is 1.17. The van der Waals surface area contributed by atoms with Gasteiger partial charge in [-0.1, -0.05) is 0 Å². The molecule has 0 saturated heterocycles. The molecule has 8 nitrogen and oxygen atoms in total. The number of halogens is 3.